The van der Waals surface area contributed by atoms with Gasteiger partial charge in [-0.2, -0.15) is 0 Å². The highest BCUT2D eigenvalue weighted by atomic mass is 35.5. The second-order valence-corrected chi connectivity index (χ2v) is 5.09. The fourth-order valence-corrected chi connectivity index (χ4v) is 2.72. The van der Waals surface area contributed by atoms with Crippen LogP contribution in [0.25, 0.3) is 0 Å². The van der Waals surface area contributed by atoms with Crippen LogP contribution in [0.3, 0.4) is 0 Å². The molecular formula is C13H16ClN5. The van der Waals surface area contributed by atoms with Crippen LogP contribution in [0.1, 0.15) is 11.4 Å². The Morgan fingerprint density at radius 2 is 2.26 bits per heavy atom. The maximum absolute atomic E-state index is 6.39. The molecule has 1 aliphatic heterocycles. The molecule has 2 heterocycles. The highest BCUT2D eigenvalue weighted by Gasteiger charge is 2.19. The van der Waals surface area contributed by atoms with E-state index < -0.39 is 0 Å². The van der Waals surface area contributed by atoms with Crippen LogP contribution in [-0.4, -0.2) is 28.4 Å². The van der Waals surface area contributed by atoms with Crippen molar-refractivity contribution in [3.05, 3.63) is 40.9 Å². The van der Waals surface area contributed by atoms with Gasteiger partial charge in [0, 0.05) is 19.6 Å². The Kier molecular flexibility index (Phi) is 3.40. The molecule has 100 valence electrons. The van der Waals surface area contributed by atoms with Crippen molar-refractivity contribution in [1.82, 2.24) is 20.1 Å². The van der Waals surface area contributed by atoms with E-state index in [0.717, 1.165) is 42.7 Å². The van der Waals surface area contributed by atoms with Crippen LogP contribution >= 0.6 is 11.6 Å². The first-order chi connectivity index (χ1) is 9.28. The summed E-state index contributed by atoms with van der Waals surface area (Å²) in [4.78, 5) is 2.25. The summed E-state index contributed by atoms with van der Waals surface area (Å²) in [6.45, 7) is 3.41. The number of nitrogens with zero attached hydrogens (tertiary/aromatic N) is 4. The molecule has 1 N–H and O–H groups in total. The van der Waals surface area contributed by atoms with E-state index >= 15 is 0 Å². The first-order valence-electron chi connectivity index (χ1n) is 6.32. The summed E-state index contributed by atoms with van der Waals surface area (Å²) in [7, 11) is 1.93. The molecule has 2 aromatic rings. The second kappa shape index (κ2) is 5.19. The number of benzene rings is 1. The topological polar surface area (TPSA) is 46.0 Å². The lowest BCUT2D eigenvalue weighted by Crippen LogP contribution is -2.33. The van der Waals surface area contributed by atoms with Crippen LogP contribution in [0.2, 0.25) is 5.02 Å². The molecule has 3 rings (SSSR count). The van der Waals surface area contributed by atoms with Gasteiger partial charge in [-0.1, -0.05) is 17.7 Å². The summed E-state index contributed by atoms with van der Waals surface area (Å²) in [6.07, 6.45) is 1.78. The molecule has 0 atom stereocenters. The van der Waals surface area contributed by atoms with E-state index in [1.54, 1.807) is 6.33 Å². The van der Waals surface area contributed by atoms with Gasteiger partial charge >= 0.3 is 0 Å². The molecular weight excluding hydrogens is 262 g/mol. The minimum atomic E-state index is 0.755. The molecule has 0 aliphatic carbocycles. The molecule has 0 radical (unpaired) electrons. The zero-order chi connectivity index (χ0) is 13.2. The second-order valence-electron chi connectivity index (χ2n) is 4.68. The number of anilines is 1. The lowest BCUT2D eigenvalue weighted by atomic mass is 10.2. The lowest BCUT2D eigenvalue weighted by Gasteiger charge is -2.29. The van der Waals surface area contributed by atoms with Crippen molar-refractivity contribution in [2.75, 3.05) is 18.5 Å². The Bertz CT molecular complexity index is 580. The summed E-state index contributed by atoms with van der Waals surface area (Å²) in [5.74, 6) is 0.988. The lowest BCUT2D eigenvalue weighted by molar-refractivity contribution is 0.560. The average molecular weight is 278 g/mol. The van der Waals surface area contributed by atoms with Crippen molar-refractivity contribution in [3.63, 3.8) is 0 Å². The van der Waals surface area contributed by atoms with Crippen molar-refractivity contribution >= 4 is 17.3 Å². The molecule has 19 heavy (non-hydrogen) atoms. The predicted octanol–water partition coefficient (Wildman–Crippen LogP) is 1.67. The van der Waals surface area contributed by atoms with Gasteiger partial charge in [0.1, 0.15) is 6.33 Å². The van der Waals surface area contributed by atoms with E-state index in [0.29, 0.717) is 0 Å². The number of aromatic nitrogens is 3. The number of rotatable bonds is 3. The van der Waals surface area contributed by atoms with Crippen molar-refractivity contribution < 1.29 is 0 Å². The van der Waals surface area contributed by atoms with Crippen LogP contribution in [0, 0.1) is 0 Å². The molecule has 0 bridgehead atoms. The van der Waals surface area contributed by atoms with Gasteiger partial charge in [0.25, 0.3) is 0 Å². The van der Waals surface area contributed by atoms with E-state index in [4.69, 9.17) is 11.6 Å². The predicted molar refractivity (Wildman–Crippen MR) is 75.3 cm³/mol. The zero-order valence-corrected chi connectivity index (χ0v) is 11.6. The Morgan fingerprint density at radius 3 is 3.05 bits per heavy atom. The maximum atomic E-state index is 6.39. The van der Waals surface area contributed by atoms with Gasteiger partial charge < -0.3 is 14.8 Å². The summed E-state index contributed by atoms with van der Waals surface area (Å²) < 4.78 is 2.08. The van der Waals surface area contributed by atoms with Gasteiger partial charge in [0.15, 0.2) is 5.82 Å². The Labute approximate surface area is 117 Å². The normalized spacial score (nSPS) is 14.5. The smallest absolute Gasteiger partial charge is 0.152 e. The van der Waals surface area contributed by atoms with Gasteiger partial charge in [-0.15, -0.1) is 10.2 Å². The maximum Gasteiger partial charge on any atom is 0.152 e. The molecule has 0 amide bonds. The van der Waals surface area contributed by atoms with Crippen LogP contribution in [0.15, 0.2) is 24.5 Å². The number of fused-ring (bicyclic) bond motifs is 1. The summed E-state index contributed by atoms with van der Waals surface area (Å²) in [5.41, 5.74) is 2.26. The zero-order valence-electron chi connectivity index (χ0n) is 10.8. The van der Waals surface area contributed by atoms with Crippen molar-refractivity contribution in [3.8, 4) is 0 Å². The van der Waals surface area contributed by atoms with E-state index in [9.17, 15) is 0 Å². The summed E-state index contributed by atoms with van der Waals surface area (Å²) >= 11 is 6.39. The highest BCUT2D eigenvalue weighted by Crippen LogP contribution is 2.29. The van der Waals surface area contributed by atoms with Gasteiger partial charge in [0.05, 0.1) is 17.3 Å². The van der Waals surface area contributed by atoms with E-state index in [-0.39, 0.29) is 0 Å². The first kappa shape index (κ1) is 12.4. The van der Waals surface area contributed by atoms with Crippen LogP contribution in [0.5, 0.6) is 0 Å². The third kappa shape index (κ3) is 2.43. The van der Waals surface area contributed by atoms with Crippen molar-refractivity contribution in [2.24, 2.45) is 0 Å². The molecule has 6 heteroatoms. The van der Waals surface area contributed by atoms with Gasteiger partial charge in [0.2, 0.25) is 0 Å². The fraction of sp³-hybridized carbons (Fsp3) is 0.385. The molecule has 0 saturated heterocycles. The van der Waals surface area contributed by atoms with E-state index in [2.05, 4.69) is 37.1 Å². The summed E-state index contributed by atoms with van der Waals surface area (Å²) in [6, 6.07) is 6.21. The third-order valence-electron chi connectivity index (χ3n) is 3.37. The summed E-state index contributed by atoms with van der Waals surface area (Å²) in [5, 5.41) is 12.0. The van der Waals surface area contributed by atoms with Crippen molar-refractivity contribution in [2.45, 2.75) is 19.6 Å². The van der Waals surface area contributed by atoms with Crippen LogP contribution in [-0.2, 0) is 19.6 Å². The SMILES string of the molecule is CNCc1ccc(N2CCn3cnnc3C2)c(Cl)c1. The average Bonchev–Trinajstić information content (AvgIpc) is 2.86. The Balaban J connectivity index is 1.83. The number of halogens is 1. The van der Waals surface area contributed by atoms with Gasteiger partial charge in [-0.05, 0) is 24.7 Å². The molecule has 1 aromatic carbocycles. The molecule has 0 fully saturated rings. The molecule has 1 aliphatic rings. The molecule has 5 nitrogen and oxygen atoms in total. The quantitative estimate of drug-likeness (QED) is 0.927. The standard InChI is InChI=1S/C13H16ClN5/c1-15-7-10-2-3-12(11(14)6-10)18-4-5-19-9-16-17-13(19)8-18/h2-3,6,9,15H,4-5,7-8H2,1H3. The molecule has 0 spiro atoms. The van der Waals surface area contributed by atoms with Gasteiger partial charge in [-0.25, -0.2) is 0 Å². The molecule has 1 aromatic heterocycles. The highest BCUT2D eigenvalue weighted by molar-refractivity contribution is 6.33. The number of nitrogens with one attached hydrogen (secondary N) is 1. The molecule has 0 unspecified atom stereocenters. The fourth-order valence-electron chi connectivity index (χ4n) is 2.39. The minimum Gasteiger partial charge on any atom is -0.361 e. The molecule has 0 saturated carbocycles. The first-order valence-corrected chi connectivity index (χ1v) is 6.70. The van der Waals surface area contributed by atoms with Gasteiger partial charge in [-0.3, -0.25) is 0 Å². The Morgan fingerprint density at radius 1 is 1.37 bits per heavy atom. The number of hydrogen-bond acceptors (Lipinski definition) is 4. The number of hydrogen-bond donors (Lipinski definition) is 1. The van der Waals surface area contributed by atoms with E-state index in [1.165, 1.54) is 5.56 Å². The third-order valence-corrected chi connectivity index (χ3v) is 3.68. The monoisotopic (exact) mass is 277 g/mol. The van der Waals surface area contributed by atoms with Crippen molar-refractivity contribution in [1.29, 1.82) is 0 Å². The van der Waals surface area contributed by atoms with Crippen LogP contribution < -0.4 is 10.2 Å². The van der Waals surface area contributed by atoms with Crippen LogP contribution in [0.4, 0.5) is 5.69 Å². The minimum absolute atomic E-state index is 0.755. The Hall–Kier alpha value is -1.59. The van der Waals surface area contributed by atoms with E-state index in [1.807, 2.05) is 13.1 Å². The largest absolute Gasteiger partial charge is 0.361 e.